The van der Waals surface area contributed by atoms with Gasteiger partial charge in [-0.15, -0.1) is 0 Å². The highest BCUT2D eigenvalue weighted by Gasteiger charge is 2.03. The predicted octanol–water partition coefficient (Wildman–Crippen LogP) is 0.0226. The van der Waals surface area contributed by atoms with Gasteiger partial charge in [-0.1, -0.05) is 6.08 Å². The summed E-state index contributed by atoms with van der Waals surface area (Å²) in [5.41, 5.74) is 2.14. The van der Waals surface area contributed by atoms with Crippen LogP contribution in [-0.2, 0) is 4.79 Å². The van der Waals surface area contributed by atoms with Gasteiger partial charge >= 0.3 is 0 Å². The van der Waals surface area contributed by atoms with Gasteiger partial charge in [-0.05, 0) is 13.6 Å². The Labute approximate surface area is 70.3 Å². The number of allylic oxidation sites excluding steroid dienone is 1. The molecule has 66 valence electrons. The molecule has 5 nitrogen and oxygen atoms in total. The Morgan fingerprint density at radius 3 is 2.67 bits per heavy atom. The molecule has 0 saturated carbocycles. The van der Waals surface area contributed by atoms with Gasteiger partial charge in [0.25, 0.3) is 5.91 Å². The van der Waals surface area contributed by atoms with E-state index in [1.165, 1.54) is 6.08 Å². The van der Waals surface area contributed by atoms with Crippen molar-refractivity contribution >= 4 is 12.6 Å². The zero-order valence-corrected chi connectivity index (χ0v) is 6.74. The summed E-state index contributed by atoms with van der Waals surface area (Å²) in [6.45, 7) is 4.71. The van der Waals surface area contributed by atoms with Gasteiger partial charge in [0.15, 0.2) is 0 Å². The molecule has 0 rings (SSSR count). The molecule has 4 N–H and O–H groups in total. The zero-order chi connectivity index (χ0) is 9.56. The van der Waals surface area contributed by atoms with Gasteiger partial charge in [0.1, 0.15) is 0 Å². The molecule has 0 aliphatic rings. The highest BCUT2D eigenvalue weighted by atomic mass is 16.3. The van der Waals surface area contributed by atoms with E-state index in [9.17, 15) is 4.79 Å². The van der Waals surface area contributed by atoms with E-state index in [0.29, 0.717) is 0 Å². The first kappa shape index (κ1) is 10.4. The molecule has 5 heteroatoms. The van der Waals surface area contributed by atoms with E-state index < -0.39 is 5.91 Å². The van der Waals surface area contributed by atoms with Gasteiger partial charge in [0, 0.05) is 11.6 Å². The lowest BCUT2D eigenvalue weighted by atomic mass is 10.2. The first-order valence-corrected chi connectivity index (χ1v) is 3.20. The van der Waals surface area contributed by atoms with Crippen LogP contribution < -0.4 is 11.3 Å². The maximum Gasteiger partial charge on any atom is 0.265 e. The number of nitrogens with two attached hydrogens (primary N) is 1. The van der Waals surface area contributed by atoms with Crippen LogP contribution >= 0.6 is 0 Å². The summed E-state index contributed by atoms with van der Waals surface area (Å²) < 4.78 is 0. The Bertz CT molecular complexity index is 243. The van der Waals surface area contributed by atoms with E-state index in [0.717, 1.165) is 6.08 Å². The fourth-order valence-electron chi connectivity index (χ4n) is 0.548. The molecule has 0 aliphatic carbocycles. The molecular weight excluding hydrogens is 158 g/mol. The molecule has 0 bridgehead atoms. The summed E-state index contributed by atoms with van der Waals surface area (Å²) in [7, 11) is 0. The Morgan fingerprint density at radius 1 is 1.75 bits per heavy atom. The van der Waals surface area contributed by atoms with Crippen LogP contribution in [0.1, 0.15) is 6.92 Å². The second kappa shape index (κ2) is 5.09. The van der Waals surface area contributed by atoms with Crippen molar-refractivity contribution in [3.8, 4) is 0 Å². The number of nitrogens with one attached hydrogen (secondary N) is 1. The molecule has 0 saturated heterocycles. The molecule has 12 heavy (non-hydrogen) atoms. The van der Waals surface area contributed by atoms with Gasteiger partial charge in [-0.25, -0.2) is 10.8 Å². The summed E-state index contributed by atoms with van der Waals surface area (Å²) in [4.78, 5) is 14.1. The second-order valence-electron chi connectivity index (χ2n) is 1.88. The molecule has 0 aliphatic heterocycles. The Kier molecular flexibility index (Phi) is 4.40. The highest BCUT2D eigenvalue weighted by molar-refractivity contribution is 5.95. The van der Waals surface area contributed by atoms with Crippen molar-refractivity contribution < 1.29 is 9.90 Å². The molecule has 0 aromatic carbocycles. The van der Waals surface area contributed by atoms with Crippen LogP contribution in [0.3, 0.4) is 0 Å². The van der Waals surface area contributed by atoms with Crippen molar-refractivity contribution in [2.24, 2.45) is 10.8 Å². The maximum absolute atomic E-state index is 10.9. The van der Waals surface area contributed by atoms with Crippen LogP contribution in [0.25, 0.3) is 0 Å². The lowest BCUT2D eigenvalue weighted by Gasteiger charge is -1.98. The fraction of sp³-hybridized carbons (Fsp3) is 0.143. The smallest absolute Gasteiger partial charge is 0.265 e. The van der Waals surface area contributed by atoms with Crippen molar-refractivity contribution in [3.63, 3.8) is 0 Å². The zero-order valence-electron chi connectivity index (χ0n) is 6.74. The highest BCUT2D eigenvalue weighted by Crippen LogP contribution is 2.00. The lowest BCUT2D eigenvalue weighted by molar-refractivity contribution is -0.117. The van der Waals surface area contributed by atoms with E-state index in [4.69, 9.17) is 10.9 Å². The van der Waals surface area contributed by atoms with Crippen LogP contribution in [-0.4, -0.2) is 17.7 Å². The topological polar surface area (TPSA) is 87.7 Å². The van der Waals surface area contributed by atoms with E-state index in [1.807, 2.05) is 5.43 Å². The minimum atomic E-state index is -0.493. The van der Waals surface area contributed by atoms with Crippen molar-refractivity contribution in [3.05, 3.63) is 23.6 Å². The van der Waals surface area contributed by atoms with E-state index in [2.05, 4.69) is 11.7 Å². The number of aliphatic imine (C=N–C) groups is 1. The normalized spacial score (nSPS) is 12.5. The van der Waals surface area contributed by atoms with Crippen molar-refractivity contribution in [2.75, 3.05) is 0 Å². The molecular formula is C7H11N3O2. The fourth-order valence-corrected chi connectivity index (χ4v) is 0.548. The van der Waals surface area contributed by atoms with Crippen LogP contribution in [0.5, 0.6) is 0 Å². The lowest BCUT2D eigenvalue weighted by Crippen LogP contribution is -2.30. The van der Waals surface area contributed by atoms with Crippen molar-refractivity contribution in [2.45, 2.75) is 6.92 Å². The number of nitrogens with zero attached hydrogens (tertiary/aromatic N) is 1. The number of rotatable bonds is 3. The van der Waals surface area contributed by atoms with Crippen LogP contribution in [0.15, 0.2) is 28.6 Å². The third-order valence-corrected chi connectivity index (χ3v) is 1.15. The van der Waals surface area contributed by atoms with E-state index in [1.54, 1.807) is 6.92 Å². The Hall–Kier alpha value is -1.62. The number of aliphatic hydroxyl groups excluding tert-OH is 1. The number of carbonyl (C=O) groups excluding carboxylic acids is 1. The summed E-state index contributed by atoms with van der Waals surface area (Å²) in [5, 5.41) is 8.87. The summed E-state index contributed by atoms with van der Waals surface area (Å²) in [6, 6.07) is 0. The SMILES string of the molecule is C=N/C(O)=C\C(=C/C)C(=O)NN. The third-order valence-electron chi connectivity index (χ3n) is 1.15. The molecule has 0 aromatic heterocycles. The standard InChI is InChI=1S/C7H11N3O2/c1-3-5(7(12)10-8)4-6(11)9-2/h3-4,11H,2,8H2,1H3,(H,10,12)/b5-3+,6-4+. The minimum Gasteiger partial charge on any atom is -0.493 e. The van der Waals surface area contributed by atoms with Gasteiger partial charge in [0.2, 0.25) is 5.88 Å². The number of hydrazine groups is 1. The van der Waals surface area contributed by atoms with Crippen molar-refractivity contribution in [1.82, 2.24) is 5.43 Å². The molecule has 0 fully saturated rings. The van der Waals surface area contributed by atoms with Gasteiger partial charge in [0.05, 0.1) is 0 Å². The Balaban J connectivity index is 4.61. The van der Waals surface area contributed by atoms with E-state index in [-0.39, 0.29) is 11.5 Å². The van der Waals surface area contributed by atoms with Crippen molar-refractivity contribution in [1.29, 1.82) is 0 Å². The molecule has 0 aromatic rings. The number of amides is 1. The Morgan fingerprint density at radius 2 is 2.33 bits per heavy atom. The third kappa shape index (κ3) is 2.98. The van der Waals surface area contributed by atoms with Gasteiger partial charge in [-0.2, -0.15) is 0 Å². The molecule has 0 radical (unpaired) electrons. The summed E-state index contributed by atoms with van der Waals surface area (Å²) in [5.74, 6) is 4.05. The first-order chi connectivity index (χ1) is 5.65. The summed E-state index contributed by atoms with van der Waals surface area (Å²) >= 11 is 0. The number of hydrogen-bond acceptors (Lipinski definition) is 4. The summed E-state index contributed by atoms with van der Waals surface area (Å²) in [6.07, 6.45) is 2.65. The number of aliphatic hydroxyl groups is 1. The number of hydrogen-bond donors (Lipinski definition) is 3. The average Bonchev–Trinajstić information content (AvgIpc) is 2.12. The minimum absolute atomic E-state index is 0.224. The van der Waals surface area contributed by atoms with Crippen LogP contribution in [0, 0.1) is 0 Å². The molecule has 0 heterocycles. The monoisotopic (exact) mass is 169 g/mol. The predicted molar refractivity (Wildman–Crippen MR) is 46.3 cm³/mol. The quantitative estimate of drug-likeness (QED) is 0.106. The maximum atomic E-state index is 10.9. The van der Waals surface area contributed by atoms with Crippen LogP contribution in [0.2, 0.25) is 0 Å². The van der Waals surface area contributed by atoms with Gasteiger partial charge in [-0.3, -0.25) is 10.2 Å². The van der Waals surface area contributed by atoms with E-state index >= 15 is 0 Å². The average molecular weight is 169 g/mol. The second-order valence-corrected chi connectivity index (χ2v) is 1.88. The van der Waals surface area contributed by atoms with Crippen LogP contribution in [0.4, 0.5) is 0 Å². The number of carbonyl (C=O) groups is 1. The largest absolute Gasteiger partial charge is 0.493 e. The molecule has 0 spiro atoms. The molecule has 0 unspecified atom stereocenters. The first-order valence-electron chi connectivity index (χ1n) is 3.20. The van der Waals surface area contributed by atoms with Gasteiger partial charge < -0.3 is 5.11 Å². The molecule has 0 atom stereocenters. The molecule has 1 amide bonds.